The molecule has 1 aliphatic carbocycles. The van der Waals surface area contributed by atoms with E-state index in [1.807, 2.05) is 24.0 Å². The Bertz CT molecular complexity index is 821. The van der Waals surface area contributed by atoms with E-state index in [0.29, 0.717) is 24.7 Å². The number of carboxylic acids is 1. The van der Waals surface area contributed by atoms with Gasteiger partial charge < -0.3 is 19.5 Å². The molecule has 1 atom stereocenters. The molecule has 10 heteroatoms. The molecule has 2 aliphatic heterocycles. The number of nitrogens with zero attached hydrogens (tertiary/aromatic N) is 2. The molecular formula is C23H31F3N2O5. The highest BCUT2D eigenvalue weighted by Gasteiger charge is 2.54. The number of aliphatic carboxylic acids is 1. The average molecular weight is 473 g/mol. The Labute approximate surface area is 191 Å². The summed E-state index contributed by atoms with van der Waals surface area (Å²) in [4.78, 5) is 27.7. The van der Waals surface area contributed by atoms with Gasteiger partial charge in [0.1, 0.15) is 11.3 Å². The fraction of sp³-hybridized carbons (Fsp3) is 0.696. The van der Waals surface area contributed by atoms with Gasteiger partial charge in [-0.3, -0.25) is 4.79 Å². The van der Waals surface area contributed by atoms with E-state index in [1.165, 1.54) is 25.7 Å². The summed E-state index contributed by atoms with van der Waals surface area (Å²) in [6.07, 6.45) is 2.44. The van der Waals surface area contributed by atoms with Gasteiger partial charge in [0, 0.05) is 25.5 Å². The van der Waals surface area contributed by atoms with Crippen LogP contribution in [0.5, 0.6) is 0 Å². The van der Waals surface area contributed by atoms with E-state index in [2.05, 4.69) is 4.98 Å². The number of amides is 1. The van der Waals surface area contributed by atoms with Crippen LogP contribution in [0.1, 0.15) is 54.7 Å². The number of carbonyl (C=O) groups is 2. The lowest BCUT2D eigenvalue weighted by atomic mass is 9.79. The molecule has 3 aliphatic rings. The third-order valence-electron chi connectivity index (χ3n) is 6.59. The van der Waals surface area contributed by atoms with Crippen molar-refractivity contribution >= 4 is 11.9 Å². The fourth-order valence-corrected chi connectivity index (χ4v) is 4.76. The van der Waals surface area contributed by atoms with Gasteiger partial charge in [-0.2, -0.15) is 13.2 Å². The number of carboxylic acid groups (broad SMARTS) is 1. The number of rotatable bonds is 6. The molecule has 1 spiro atoms. The fourth-order valence-electron chi connectivity index (χ4n) is 4.76. The second-order valence-electron chi connectivity index (χ2n) is 9.04. The summed E-state index contributed by atoms with van der Waals surface area (Å²) in [7, 11) is 0. The third kappa shape index (κ3) is 6.66. The molecule has 2 saturated heterocycles. The molecule has 7 nitrogen and oxygen atoms in total. The summed E-state index contributed by atoms with van der Waals surface area (Å²) < 4.78 is 43.8. The number of alkyl halides is 3. The largest absolute Gasteiger partial charge is 0.490 e. The Morgan fingerprint density at radius 1 is 1.24 bits per heavy atom. The van der Waals surface area contributed by atoms with Gasteiger partial charge in [-0.1, -0.05) is 18.9 Å². The van der Waals surface area contributed by atoms with E-state index in [9.17, 15) is 18.0 Å². The lowest BCUT2D eigenvalue weighted by Crippen LogP contribution is -2.66. The topological polar surface area (TPSA) is 89.0 Å². The summed E-state index contributed by atoms with van der Waals surface area (Å²) in [5.74, 6) is -1.46. The molecule has 1 aromatic heterocycles. The molecule has 33 heavy (non-hydrogen) atoms. The van der Waals surface area contributed by atoms with Gasteiger partial charge in [0.05, 0.1) is 13.1 Å². The Hall–Kier alpha value is -2.20. The minimum absolute atomic E-state index is 0.0195. The molecule has 1 saturated carbocycles. The number of hydrogen-bond donors (Lipinski definition) is 1. The van der Waals surface area contributed by atoms with Gasteiger partial charge in [0.2, 0.25) is 0 Å². The lowest BCUT2D eigenvalue weighted by Gasteiger charge is -2.50. The second kappa shape index (κ2) is 10.8. The monoisotopic (exact) mass is 472 g/mol. The Kier molecular flexibility index (Phi) is 8.33. The van der Waals surface area contributed by atoms with Crippen LogP contribution in [-0.4, -0.2) is 71.6 Å². The maximum Gasteiger partial charge on any atom is 0.490 e. The van der Waals surface area contributed by atoms with E-state index in [-0.39, 0.29) is 11.5 Å². The highest BCUT2D eigenvalue weighted by Crippen LogP contribution is 2.42. The van der Waals surface area contributed by atoms with Gasteiger partial charge in [-0.05, 0) is 56.6 Å². The number of likely N-dealkylation sites (tertiary alicyclic amines) is 1. The van der Waals surface area contributed by atoms with Crippen molar-refractivity contribution in [3.63, 3.8) is 0 Å². The molecule has 3 fully saturated rings. The molecule has 0 radical (unpaired) electrons. The highest BCUT2D eigenvalue weighted by molar-refractivity contribution is 5.93. The van der Waals surface area contributed by atoms with Crippen molar-refractivity contribution in [3.8, 4) is 0 Å². The van der Waals surface area contributed by atoms with Crippen LogP contribution in [0.3, 0.4) is 0 Å². The maximum absolute atomic E-state index is 12.6. The molecule has 0 bridgehead atoms. The smallest absolute Gasteiger partial charge is 0.475 e. The van der Waals surface area contributed by atoms with E-state index in [0.717, 1.165) is 44.3 Å². The van der Waals surface area contributed by atoms with Crippen LogP contribution in [-0.2, 0) is 14.3 Å². The third-order valence-corrected chi connectivity index (χ3v) is 6.59. The van der Waals surface area contributed by atoms with Crippen molar-refractivity contribution < 1.29 is 37.3 Å². The Morgan fingerprint density at radius 3 is 2.52 bits per heavy atom. The maximum atomic E-state index is 12.6. The molecule has 1 amide bonds. The Morgan fingerprint density at radius 2 is 1.91 bits per heavy atom. The number of aryl methyl sites for hydroxylation is 1. The van der Waals surface area contributed by atoms with Crippen molar-refractivity contribution in [3.05, 3.63) is 29.6 Å². The zero-order valence-electron chi connectivity index (χ0n) is 18.8. The van der Waals surface area contributed by atoms with Crippen LogP contribution in [0, 0.1) is 18.8 Å². The van der Waals surface area contributed by atoms with E-state index in [4.69, 9.17) is 19.4 Å². The Balaban J connectivity index is 0.000000383. The first-order chi connectivity index (χ1) is 15.6. The number of carbonyl (C=O) groups excluding carboxylic acids is 1. The minimum atomic E-state index is -5.08. The van der Waals surface area contributed by atoms with Crippen LogP contribution in [0.25, 0.3) is 0 Å². The van der Waals surface area contributed by atoms with E-state index >= 15 is 0 Å². The molecular weight excluding hydrogens is 441 g/mol. The first-order valence-electron chi connectivity index (χ1n) is 11.4. The number of pyridine rings is 1. The van der Waals surface area contributed by atoms with Crippen molar-refractivity contribution in [2.45, 2.75) is 57.2 Å². The lowest BCUT2D eigenvalue weighted by molar-refractivity contribution is -0.192. The average Bonchev–Trinajstić information content (AvgIpc) is 3.39. The number of hydrogen-bond acceptors (Lipinski definition) is 5. The van der Waals surface area contributed by atoms with Crippen LogP contribution in [0.15, 0.2) is 18.2 Å². The van der Waals surface area contributed by atoms with Crippen molar-refractivity contribution in [1.82, 2.24) is 9.88 Å². The van der Waals surface area contributed by atoms with Crippen LogP contribution in [0.4, 0.5) is 13.2 Å². The molecule has 0 aromatic carbocycles. The van der Waals surface area contributed by atoms with Gasteiger partial charge >= 0.3 is 12.1 Å². The zero-order valence-corrected chi connectivity index (χ0v) is 18.8. The minimum Gasteiger partial charge on any atom is -0.475 e. The standard InChI is InChI=1S/C21H30N2O3.C2HF3O2/c1-16-5-4-8-19(22-16)20(24)23-14-21(15-23)18(10-12-26-21)9-11-25-13-17-6-2-3-7-17;3-2(4,5)1(6)7/h4-5,8,17-18H,2-3,6-7,9-15H2,1H3;(H,6,7). The number of ether oxygens (including phenoxy) is 2. The van der Waals surface area contributed by atoms with Crippen LogP contribution in [0.2, 0.25) is 0 Å². The van der Waals surface area contributed by atoms with Gasteiger partial charge in [-0.25, -0.2) is 9.78 Å². The van der Waals surface area contributed by atoms with E-state index < -0.39 is 12.1 Å². The second-order valence-corrected chi connectivity index (χ2v) is 9.04. The predicted molar refractivity (Wildman–Crippen MR) is 113 cm³/mol. The molecule has 3 heterocycles. The van der Waals surface area contributed by atoms with Crippen molar-refractivity contribution in [1.29, 1.82) is 0 Å². The van der Waals surface area contributed by atoms with Gasteiger partial charge in [-0.15, -0.1) is 0 Å². The molecule has 1 unspecified atom stereocenters. The normalized spacial score (nSPS) is 22.1. The van der Waals surface area contributed by atoms with Gasteiger partial charge in [0.25, 0.3) is 5.91 Å². The van der Waals surface area contributed by atoms with E-state index in [1.54, 1.807) is 6.07 Å². The van der Waals surface area contributed by atoms with Crippen molar-refractivity contribution in [2.75, 3.05) is 32.9 Å². The summed E-state index contributed by atoms with van der Waals surface area (Å²) in [6.45, 7) is 5.83. The SMILES string of the molecule is Cc1cccc(C(=O)N2CC3(C2)OCCC3CCOCC2CCCC2)n1.O=C(O)C(F)(F)F. The molecule has 1 N–H and O–H groups in total. The summed E-state index contributed by atoms with van der Waals surface area (Å²) in [5, 5.41) is 7.12. The molecule has 184 valence electrons. The van der Waals surface area contributed by atoms with Crippen LogP contribution < -0.4 is 0 Å². The highest BCUT2D eigenvalue weighted by atomic mass is 19.4. The first kappa shape index (κ1) is 25.4. The summed E-state index contributed by atoms with van der Waals surface area (Å²) in [6, 6.07) is 5.60. The molecule has 4 rings (SSSR count). The predicted octanol–water partition coefficient (Wildman–Crippen LogP) is 3.85. The summed E-state index contributed by atoms with van der Waals surface area (Å²) >= 11 is 0. The quantitative estimate of drug-likeness (QED) is 0.633. The number of halogens is 3. The van der Waals surface area contributed by atoms with Gasteiger partial charge in [0.15, 0.2) is 0 Å². The molecule has 1 aromatic rings. The van der Waals surface area contributed by atoms with Crippen LogP contribution >= 0.6 is 0 Å². The first-order valence-corrected chi connectivity index (χ1v) is 11.4. The zero-order chi connectivity index (χ0) is 24.1. The van der Waals surface area contributed by atoms with Crippen molar-refractivity contribution in [2.24, 2.45) is 11.8 Å². The number of aromatic nitrogens is 1. The summed E-state index contributed by atoms with van der Waals surface area (Å²) in [5.41, 5.74) is 1.27.